The average Bonchev–Trinajstić information content (AvgIpc) is 2.81. The molecule has 0 saturated carbocycles. The Morgan fingerprint density at radius 2 is 2.24 bits per heavy atom. The van der Waals surface area contributed by atoms with Crippen molar-refractivity contribution in [1.29, 1.82) is 0 Å². The highest BCUT2D eigenvalue weighted by molar-refractivity contribution is 5.11. The molecule has 1 saturated heterocycles. The van der Waals surface area contributed by atoms with Crippen molar-refractivity contribution in [3.8, 4) is 0 Å². The summed E-state index contributed by atoms with van der Waals surface area (Å²) in [7, 11) is 0. The summed E-state index contributed by atoms with van der Waals surface area (Å²) >= 11 is 0. The van der Waals surface area contributed by atoms with Crippen molar-refractivity contribution >= 4 is 0 Å². The second-order valence-electron chi connectivity index (χ2n) is 5.16. The molecule has 17 heavy (non-hydrogen) atoms. The molecule has 1 aliphatic heterocycles. The van der Waals surface area contributed by atoms with Gasteiger partial charge in [0.15, 0.2) is 0 Å². The van der Waals surface area contributed by atoms with Gasteiger partial charge in [-0.2, -0.15) is 0 Å². The Labute approximate surface area is 104 Å². The van der Waals surface area contributed by atoms with E-state index in [0.717, 1.165) is 31.9 Å². The normalized spacial score (nSPS) is 22.9. The summed E-state index contributed by atoms with van der Waals surface area (Å²) in [6.45, 7) is 9.79. The minimum absolute atomic E-state index is 0.482. The molecule has 1 fully saturated rings. The standard InChI is InChI=1S/C13H24N4/c1-4-10(12-7-14-5-6-15-12)13-16-8-11(17-13)9(2)3/h8-10,12,14-15H,4-7H2,1-3H3,(H,16,17). The predicted molar refractivity (Wildman–Crippen MR) is 70.4 cm³/mol. The molecule has 2 unspecified atom stereocenters. The first-order chi connectivity index (χ1) is 8.22. The van der Waals surface area contributed by atoms with Crippen LogP contribution in [0.3, 0.4) is 0 Å². The average molecular weight is 236 g/mol. The number of imidazole rings is 1. The van der Waals surface area contributed by atoms with Crippen molar-refractivity contribution < 1.29 is 0 Å². The Bertz CT molecular complexity index is 339. The number of piperazine rings is 1. The predicted octanol–water partition coefficient (Wildman–Crippen LogP) is 1.59. The van der Waals surface area contributed by atoms with Gasteiger partial charge < -0.3 is 15.6 Å². The number of nitrogens with one attached hydrogen (secondary N) is 3. The largest absolute Gasteiger partial charge is 0.345 e. The Morgan fingerprint density at radius 1 is 1.41 bits per heavy atom. The van der Waals surface area contributed by atoms with E-state index in [4.69, 9.17) is 0 Å². The number of aromatic nitrogens is 2. The van der Waals surface area contributed by atoms with Crippen LogP contribution in [-0.4, -0.2) is 35.6 Å². The molecule has 3 N–H and O–H groups in total. The van der Waals surface area contributed by atoms with Crippen LogP contribution in [0.4, 0.5) is 0 Å². The first-order valence-corrected chi connectivity index (χ1v) is 6.71. The van der Waals surface area contributed by atoms with Gasteiger partial charge in [0.2, 0.25) is 0 Å². The number of nitrogens with zero attached hydrogens (tertiary/aromatic N) is 1. The molecule has 96 valence electrons. The van der Waals surface area contributed by atoms with Crippen LogP contribution in [0.2, 0.25) is 0 Å². The van der Waals surface area contributed by atoms with Crippen molar-refractivity contribution in [1.82, 2.24) is 20.6 Å². The van der Waals surface area contributed by atoms with Crippen LogP contribution in [-0.2, 0) is 0 Å². The minimum Gasteiger partial charge on any atom is -0.345 e. The van der Waals surface area contributed by atoms with Gasteiger partial charge in [0.25, 0.3) is 0 Å². The zero-order valence-corrected chi connectivity index (χ0v) is 11.1. The monoisotopic (exact) mass is 236 g/mol. The second kappa shape index (κ2) is 5.65. The Morgan fingerprint density at radius 3 is 2.76 bits per heavy atom. The molecule has 2 atom stereocenters. The Balaban J connectivity index is 2.10. The van der Waals surface area contributed by atoms with Crippen LogP contribution >= 0.6 is 0 Å². The van der Waals surface area contributed by atoms with E-state index in [0.29, 0.717) is 17.9 Å². The van der Waals surface area contributed by atoms with Gasteiger partial charge in [-0.15, -0.1) is 0 Å². The molecule has 0 spiro atoms. The van der Waals surface area contributed by atoms with Crippen LogP contribution in [0.15, 0.2) is 6.20 Å². The highest BCUT2D eigenvalue weighted by atomic mass is 15.1. The molecule has 0 amide bonds. The van der Waals surface area contributed by atoms with E-state index in [1.165, 1.54) is 5.69 Å². The highest BCUT2D eigenvalue weighted by Crippen LogP contribution is 2.23. The van der Waals surface area contributed by atoms with Gasteiger partial charge in [-0.25, -0.2) is 4.98 Å². The van der Waals surface area contributed by atoms with E-state index < -0.39 is 0 Å². The summed E-state index contributed by atoms with van der Waals surface area (Å²) in [4.78, 5) is 8.04. The zero-order valence-electron chi connectivity index (χ0n) is 11.1. The summed E-state index contributed by atoms with van der Waals surface area (Å²) in [5.74, 6) is 2.14. The number of H-pyrrole nitrogens is 1. The van der Waals surface area contributed by atoms with E-state index in [2.05, 4.69) is 41.4 Å². The summed E-state index contributed by atoms with van der Waals surface area (Å²) in [6, 6.07) is 0.500. The van der Waals surface area contributed by atoms with Crippen molar-refractivity contribution in [2.24, 2.45) is 0 Å². The van der Waals surface area contributed by atoms with Crippen LogP contribution in [0.25, 0.3) is 0 Å². The molecule has 0 aromatic carbocycles. The topological polar surface area (TPSA) is 52.7 Å². The third-order valence-corrected chi connectivity index (χ3v) is 3.59. The van der Waals surface area contributed by atoms with E-state index in [-0.39, 0.29) is 0 Å². The van der Waals surface area contributed by atoms with Crippen LogP contribution in [0, 0.1) is 0 Å². The third kappa shape index (κ3) is 2.87. The molecule has 1 aliphatic rings. The fraction of sp³-hybridized carbons (Fsp3) is 0.769. The summed E-state index contributed by atoms with van der Waals surface area (Å²) in [5.41, 5.74) is 1.24. The Hall–Kier alpha value is -0.870. The molecule has 0 radical (unpaired) electrons. The molecule has 1 aromatic heterocycles. The highest BCUT2D eigenvalue weighted by Gasteiger charge is 2.25. The number of hydrogen-bond acceptors (Lipinski definition) is 3. The van der Waals surface area contributed by atoms with Gasteiger partial charge in [0.05, 0.1) is 0 Å². The maximum Gasteiger partial charge on any atom is 0.110 e. The SMILES string of the molecule is CCC(c1ncc(C(C)C)[nH]1)C1CNCCN1. The van der Waals surface area contributed by atoms with E-state index in [1.54, 1.807) is 0 Å². The lowest BCUT2D eigenvalue weighted by Crippen LogP contribution is -2.51. The molecular weight excluding hydrogens is 212 g/mol. The van der Waals surface area contributed by atoms with Crippen molar-refractivity contribution in [2.75, 3.05) is 19.6 Å². The lowest BCUT2D eigenvalue weighted by Gasteiger charge is -2.30. The first kappa shape index (κ1) is 12.6. The smallest absolute Gasteiger partial charge is 0.110 e. The third-order valence-electron chi connectivity index (χ3n) is 3.59. The first-order valence-electron chi connectivity index (χ1n) is 6.71. The van der Waals surface area contributed by atoms with Gasteiger partial charge >= 0.3 is 0 Å². The Kier molecular flexibility index (Phi) is 4.18. The molecule has 4 heteroatoms. The van der Waals surface area contributed by atoms with Crippen molar-refractivity contribution in [3.63, 3.8) is 0 Å². The number of hydrogen-bond donors (Lipinski definition) is 3. The summed E-state index contributed by atoms with van der Waals surface area (Å²) in [5, 5.41) is 7.03. The molecule has 2 heterocycles. The van der Waals surface area contributed by atoms with E-state index >= 15 is 0 Å². The quantitative estimate of drug-likeness (QED) is 0.744. The summed E-state index contributed by atoms with van der Waals surface area (Å²) < 4.78 is 0. The van der Waals surface area contributed by atoms with Crippen LogP contribution in [0.1, 0.15) is 50.5 Å². The molecular formula is C13H24N4. The summed E-state index contributed by atoms with van der Waals surface area (Å²) in [6.07, 6.45) is 3.10. The minimum atomic E-state index is 0.482. The van der Waals surface area contributed by atoms with Gasteiger partial charge in [-0.3, -0.25) is 0 Å². The maximum atomic E-state index is 4.56. The van der Waals surface area contributed by atoms with Crippen molar-refractivity contribution in [3.05, 3.63) is 17.7 Å². The maximum absolute atomic E-state index is 4.56. The number of aromatic amines is 1. The fourth-order valence-corrected chi connectivity index (χ4v) is 2.46. The molecule has 0 aliphatic carbocycles. The molecule has 1 aromatic rings. The van der Waals surface area contributed by atoms with E-state index in [9.17, 15) is 0 Å². The van der Waals surface area contributed by atoms with Gasteiger partial charge in [-0.1, -0.05) is 20.8 Å². The lowest BCUT2D eigenvalue weighted by atomic mass is 9.95. The molecule has 2 rings (SSSR count). The number of rotatable bonds is 4. The second-order valence-corrected chi connectivity index (χ2v) is 5.16. The van der Waals surface area contributed by atoms with E-state index in [1.807, 2.05) is 6.20 Å². The lowest BCUT2D eigenvalue weighted by molar-refractivity contribution is 0.352. The van der Waals surface area contributed by atoms with Gasteiger partial charge in [0, 0.05) is 43.5 Å². The van der Waals surface area contributed by atoms with Crippen molar-refractivity contribution in [2.45, 2.75) is 45.1 Å². The van der Waals surface area contributed by atoms with Crippen LogP contribution in [0.5, 0.6) is 0 Å². The van der Waals surface area contributed by atoms with Gasteiger partial charge in [0.1, 0.15) is 5.82 Å². The zero-order chi connectivity index (χ0) is 12.3. The van der Waals surface area contributed by atoms with Crippen LogP contribution < -0.4 is 10.6 Å². The van der Waals surface area contributed by atoms with Gasteiger partial charge in [-0.05, 0) is 12.3 Å². The molecule has 4 nitrogen and oxygen atoms in total. The fourth-order valence-electron chi connectivity index (χ4n) is 2.46. The molecule has 0 bridgehead atoms.